The van der Waals surface area contributed by atoms with E-state index in [1.807, 2.05) is 0 Å². The number of nitrogens with one attached hydrogen (secondary N) is 2. The maximum Gasteiger partial charge on any atom is 0.416 e. The standard InChI is InChI=1S/2C13H8BrF3N2O/c2*14-10-2-1-9(13(15,16)17)7-11(10)19-12(20)8-3-5-18-6-4-8/h2*1-7H,(H,19,20). The largest absolute Gasteiger partial charge is 0.416 e. The zero-order valence-corrected chi connectivity index (χ0v) is 23.0. The second-order valence-corrected chi connectivity index (χ2v) is 9.47. The molecule has 2 heterocycles. The summed E-state index contributed by atoms with van der Waals surface area (Å²) in [6, 6.07) is 12.0. The Morgan fingerprint density at radius 2 is 0.900 bits per heavy atom. The Morgan fingerprint density at radius 1 is 0.575 bits per heavy atom. The fourth-order valence-electron chi connectivity index (χ4n) is 2.99. The number of halogens is 8. The number of alkyl halides is 6. The molecule has 6 nitrogen and oxygen atoms in total. The molecule has 14 heteroatoms. The predicted octanol–water partition coefficient (Wildman–Crippen LogP) is 8.23. The number of hydrogen-bond acceptors (Lipinski definition) is 4. The van der Waals surface area contributed by atoms with Gasteiger partial charge in [0.05, 0.1) is 22.5 Å². The summed E-state index contributed by atoms with van der Waals surface area (Å²) in [5, 5.41) is 4.85. The van der Waals surface area contributed by atoms with Crippen LogP contribution in [0.1, 0.15) is 31.8 Å². The third-order valence-electron chi connectivity index (χ3n) is 4.97. The molecule has 0 radical (unpaired) electrons. The molecule has 2 amide bonds. The molecular formula is C26H16Br2F6N4O2. The van der Waals surface area contributed by atoms with Gasteiger partial charge in [0.15, 0.2) is 0 Å². The second kappa shape index (κ2) is 13.0. The van der Waals surface area contributed by atoms with Crippen LogP contribution in [0.3, 0.4) is 0 Å². The van der Waals surface area contributed by atoms with Crippen molar-refractivity contribution in [3.8, 4) is 0 Å². The van der Waals surface area contributed by atoms with Crippen molar-refractivity contribution in [3.63, 3.8) is 0 Å². The van der Waals surface area contributed by atoms with Crippen molar-refractivity contribution < 1.29 is 35.9 Å². The van der Waals surface area contributed by atoms with Gasteiger partial charge in [-0.05, 0) is 92.5 Å². The molecule has 0 saturated carbocycles. The molecular weight excluding hydrogens is 674 g/mol. The smallest absolute Gasteiger partial charge is 0.321 e. The van der Waals surface area contributed by atoms with Crippen LogP contribution in [0.25, 0.3) is 0 Å². The molecule has 0 aliphatic carbocycles. The van der Waals surface area contributed by atoms with Gasteiger partial charge >= 0.3 is 12.4 Å². The van der Waals surface area contributed by atoms with Gasteiger partial charge in [-0.1, -0.05) is 0 Å². The van der Waals surface area contributed by atoms with E-state index in [1.165, 1.54) is 61.2 Å². The number of aromatic nitrogens is 2. The number of amides is 2. The zero-order chi connectivity index (χ0) is 29.5. The lowest BCUT2D eigenvalue weighted by atomic mass is 10.2. The molecule has 2 N–H and O–H groups in total. The molecule has 4 aromatic rings. The molecule has 4 rings (SSSR count). The normalized spacial score (nSPS) is 11.2. The summed E-state index contributed by atoms with van der Waals surface area (Å²) in [4.78, 5) is 31.3. The Kier molecular flexibility index (Phi) is 10.0. The number of pyridine rings is 2. The third kappa shape index (κ3) is 8.61. The summed E-state index contributed by atoms with van der Waals surface area (Å²) in [5.41, 5.74) is -0.923. The van der Waals surface area contributed by atoms with Crippen LogP contribution in [-0.2, 0) is 12.4 Å². The van der Waals surface area contributed by atoms with Crippen LogP contribution in [0.15, 0.2) is 94.4 Å². The van der Waals surface area contributed by atoms with E-state index in [1.54, 1.807) is 0 Å². The number of rotatable bonds is 4. The number of carbonyl (C=O) groups excluding carboxylic acids is 2. The summed E-state index contributed by atoms with van der Waals surface area (Å²) in [6.07, 6.45) is -3.22. The first-order chi connectivity index (χ1) is 18.8. The first kappa shape index (κ1) is 30.8. The Bertz CT molecular complexity index is 1370. The fraction of sp³-hybridized carbons (Fsp3) is 0.0769. The molecule has 0 atom stereocenters. The highest BCUT2D eigenvalue weighted by Crippen LogP contribution is 2.35. The Labute approximate surface area is 240 Å². The lowest BCUT2D eigenvalue weighted by molar-refractivity contribution is -0.138. The number of carbonyl (C=O) groups is 2. The van der Waals surface area contributed by atoms with Crippen molar-refractivity contribution in [2.75, 3.05) is 10.6 Å². The summed E-state index contributed by atoms with van der Waals surface area (Å²) in [5.74, 6) is -1.01. The second-order valence-electron chi connectivity index (χ2n) is 7.76. The Morgan fingerprint density at radius 3 is 1.20 bits per heavy atom. The summed E-state index contributed by atoms with van der Waals surface area (Å²) >= 11 is 6.21. The van der Waals surface area contributed by atoms with Crippen LogP contribution < -0.4 is 10.6 Å². The van der Waals surface area contributed by atoms with Crippen molar-refractivity contribution in [1.29, 1.82) is 0 Å². The summed E-state index contributed by atoms with van der Waals surface area (Å²) < 4.78 is 76.5. The molecule has 0 aliphatic heterocycles. The lowest BCUT2D eigenvalue weighted by Crippen LogP contribution is -2.13. The quantitative estimate of drug-likeness (QED) is 0.212. The number of hydrogen-bond donors (Lipinski definition) is 2. The van der Waals surface area contributed by atoms with E-state index < -0.39 is 35.3 Å². The first-order valence-electron chi connectivity index (χ1n) is 10.9. The van der Waals surface area contributed by atoms with Crippen molar-refractivity contribution in [1.82, 2.24) is 9.97 Å². The van der Waals surface area contributed by atoms with Gasteiger partial charge in [0.2, 0.25) is 0 Å². The highest BCUT2D eigenvalue weighted by atomic mass is 79.9. The van der Waals surface area contributed by atoms with Gasteiger partial charge in [-0.2, -0.15) is 26.3 Å². The average molecular weight is 690 g/mol. The zero-order valence-electron chi connectivity index (χ0n) is 19.8. The number of anilines is 2. The van der Waals surface area contributed by atoms with Crippen molar-refractivity contribution >= 4 is 55.0 Å². The minimum atomic E-state index is -4.46. The molecule has 40 heavy (non-hydrogen) atoms. The van der Waals surface area contributed by atoms with E-state index in [4.69, 9.17) is 0 Å². The Hall–Kier alpha value is -3.78. The van der Waals surface area contributed by atoms with E-state index in [0.29, 0.717) is 20.1 Å². The van der Waals surface area contributed by atoms with Crippen LogP contribution in [0.2, 0.25) is 0 Å². The minimum absolute atomic E-state index is 0.0571. The van der Waals surface area contributed by atoms with E-state index in [0.717, 1.165) is 24.3 Å². The topological polar surface area (TPSA) is 84.0 Å². The van der Waals surface area contributed by atoms with Gasteiger partial charge < -0.3 is 10.6 Å². The molecule has 0 bridgehead atoms. The molecule has 0 fully saturated rings. The Balaban J connectivity index is 0.000000220. The SMILES string of the molecule is O=C(Nc1cc(C(F)(F)F)ccc1Br)c1ccncc1.O=C(Nc1cc(C(F)(F)F)ccc1Br)c1ccncc1. The van der Waals surface area contributed by atoms with Crippen LogP contribution in [0, 0.1) is 0 Å². The fourth-order valence-corrected chi connectivity index (χ4v) is 3.68. The van der Waals surface area contributed by atoms with Crippen molar-refractivity contribution in [2.24, 2.45) is 0 Å². The number of nitrogens with zero attached hydrogens (tertiary/aromatic N) is 2. The highest BCUT2D eigenvalue weighted by Gasteiger charge is 2.32. The highest BCUT2D eigenvalue weighted by molar-refractivity contribution is 9.11. The van der Waals surface area contributed by atoms with E-state index in [-0.39, 0.29) is 11.4 Å². The van der Waals surface area contributed by atoms with E-state index >= 15 is 0 Å². The predicted molar refractivity (Wildman–Crippen MR) is 143 cm³/mol. The van der Waals surface area contributed by atoms with Crippen molar-refractivity contribution in [2.45, 2.75) is 12.4 Å². The van der Waals surface area contributed by atoms with Gasteiger partial charge in [0, 0.05) is 44.9 Å². The molecule has 2 aromatic heterocycles. The molecule has 0 unspecified atom stereocenters. The van der Waals surface area contributed by atoms with E-state index in [9.17, 15) is 35.9 Å². The maximum absolute atomic E-state index is 12.6. The van der Waals surface area contributed by atoms with Gasteiger partial charge in [0.25, 0.3) is 11.8 Å². The molecule has 0 saturated heterocycles. The number of benzene rings is 2. The monoisotopic (exact) mass is 688 g/mol. The lowest BCUT2D eigenvalue weighted by Gasteiger charge is -2.11. The third-order valence-corrected chi connectivity index (χ3v) is 6.35. The van der Waals surface area contributed by atoms with Gasteiger partial charge in [-0.15, -0.1) is 0 Å². The molecule has 0 spiro atoms. The van der Waals surface area contributed by atoms with Crippen LogP contribution in [0.5, 0.6) is 0 Å². The molecule has 2 aromatic carbocycles. The minimum Gasteiger partial charge on any atom is -0.321 e. The van der Waals surface area contributed by atoms with Gasteiger partial charge in [0.1, 0.15) is 0 Å². The summed E-state index contributed by atoms with van der Waals surface area (Å²) in [7, 11) is 0. The molecule has 0 aliphatic rings. The van der Waals surface area contributed by atoms with Gasteiger partial charge in [-0.25, -0.2) is 0 Å². The summed E-state index contributed by atoms with van der Waals surface area (Å²) in [6.45, 7) is 0. The van der Waals surface area contributed by atoms with Crippen LogP contribution in [0.4, 0.5) is 37.7 Å². The van der Waals surface area contributed by atoms with Gasteiger partial charge in [-0.3, -0.25) is 19.6 Å². The van der Waals surface area contributed by atoms with Crippen molar-refractivity contribution in [3.05, 3.63) is 117 Å². The van der Waals surface area contributed by atoms with Crippen LogP contribution in [-0.4, -0.2) is 21.8 Å². The van der Waals surface area contributed by atoms with Crippen LogP contribution >= 0.6 is 31.9 Å². The average Bonchev–Trinajstić information content (AvgIpc) is 2.91. The first-order valence-corrected chi connectivity index (χ1v) is 12.5. The van der Waals surface area contributed by atoms with E-state index in [2.05, 4.69) is 52.5 Å². The maximum atomic E-state index is 12.6. The molecule has 208 valence electrons.